The summed E-state index contributed by atoms with van der Waals surface area (Å²) in [6.45, 7) is 1.44. The average Bonchev–Trinajstić information content (AvgIpc) is 2.52. The monoisotopic (exact) mass is 264 g/mol. The van der Waals surface area contributed by atoms with Crippen molar-refractivity contribution < 1.29 is 18.0 Å². The summed E-state index contributed by atoms with van der Waals surface area (Å²) in [6, 6.07) is -0.0173. The second-order valence-electron chi connectivity index (χ2n) is 2.99. The Bertz CT molecular complexity index is 209. The number of alkyl halides is 3. The van der Waals surface area contributed by atoms with Gasteiger partial charge in [-0.05, 0) is 24.7 Å². The third kappa shape index (κ3) is 6.86. The molecule has 1 saturated heterocycles. The third-order valence-electron chi connectivity index (χ3n) is 1.79. The van der Waals surface area contributed by atoms with Gasteiger partial charge in [-0.25, -0.2) is 0 Å². The lowest BCUT2D eigenvalue weighted by Gasteiger charge is -2.11. The molecule has 1 atom stereocenters. The second-order valence-corrected chi connectivity index (χ2v) is 4.03. The van der Waals surface area contributed by atoms with Gasteiger partial charge in [-0.1, -0.05) is 0 Å². The van der Waals surface area contributed by atoms with Gasteiger partial charge in [0.15, 0.2) is 0 Å². The molecular formula is C7H12ClF3N2OS. The van der Waals surface area contributed by atoms with Crippen molar-refractivity contribution in [1.29, 1.82) is 0 Å². The summed E-state index contributed by atoms with van der Waals surface area (Å²) in [5, 5.41) is 5.54. The van der Waals surface area contributed by atoms with Crippen LogP contribution in [0.3, 0.4) is 0 Å². The molecule has 0 saturated carbocycles. The number of hydrogen-bond acceptors (Lipinski definition) is 3. The predicted molar refractivity (Wildman–Crippen MR) is 55.2 cm³/mol. The van der Waals surface area contributed by atoms with Crippen molar-refractivity contribution in [1.82, 2.24) is 10.6 Å². The van der Waals surface area contributed by atoms with Gasteiger partial charge in [-0.3, -0.25) is 4.79 Å². The maximum absolute atomic E-state index is 11.7. The van der Waals surface area contributed by atoms with Crippen LogP contribution in [-0.2, 0) is 4.79 Å². The van der Waals surface area contributed by atoms with Gasteiger partial charge in [0.05, 0.1) is 5.75 Å². The third-order valence-corrected chi connectivity index (χ3v) is 2.53. The zero-order chi connectivity index (χ0) is 10.6. The first-order valence-corrected chi connectivity index (χ1v) is 5.17. The van der Waals surface area contributed by atoms with E-state index in [9.17, 15) is 18.0 Å². The molecule has 0 aliphatic carbocycles. The fraction of sp³-hybridized carbons (Fsp3) is 0.857. The summed E-state index contributed by atoms with van der Waals surface area (Å²) in [5.41, 5.74) is -4.33. The van der Waals surface area contributed by atoms with Crippen LogP contribution in [0, 0.1) is 0 Å². The van der Waals surface area contributed by atoms with Gasteiger partial charge in [-0.2, -0.15) is 13.2 Å². The topological polar surface area (TPSA) is 41.1 Å². The quantitative estimate of drug-likeness (QED) is 0.803. The average molecular weight is 265 g/mol. The molecule has 1 unspecified atom stereocenters. The van der Waals surface area contributed by atoms with Crippen LogP contribution in [0.25, 0.3) is 0 Å². The number of carbonyl (C=O) groups is 1. The van der Waals surface area contributed by atoms with Gasteiger partial charge in [-0.15, -0.1) is 12.4 Å². The van der Waals surface area contributed by atoms with Crippen LogP contribution in [0.2, 0.25) is 0 Å². The molecule has 1 rings (SSSR count). The van der Waals surface area contributed by atoms with E-state index in [1.165, 1.54) is 0 Å². The number of nitrogens with one attached hydrogen (secondary N) is 2. The summed E-state index contributed by atoms with van der Waals surface area (Å²) in [5.74, 6) is -1.11. The lowest BCUT2D eigenvalue weighted by molar-refractivity contribution is -0.119. The number of rotatable bonds is 3. The van der Waals surface area contributed by atoms with Gasteiger partial charge in [0.1, 0.15) is 0 Å². The SMILES string of the molecule is Cl.O=C(CSC(F)(F)F)NC1CCNC1. The van der Waals surface area contributed by atoms with E-state index in [-0.39, 0.29) is 30.2 Å². The molecule has 90 valence electrons. The minimum absolute atomic E-state index is 0. The summed E-state index contributed by atoms with van der Waals surface area (Å²) in [7, 11) is 0. The van der Waals surface area contributed by atoms with Crippen molar-refractivity contribution in [3.8, 4) is 0 Å². The minimum atomic E-state index is -4.33. The maximum Gasteiger partial charge on any atom is 0.442 e. The van der Waals surface area contributed by atoms with Gasteiger partial charge in [0.25, 0.3) is 0 Å². The molecule has 1 amide bonds. The van der Waals surface area contributed by atoms with Crippen LogP contribution in [0.1, 0.15) is 6.42 Å². The Morgan fingerprint density at radius 3 is 2.67 bits per heavy atom. The van der Waals surface area contributed by atoms with E-state index in [2.05, 4.69) is 10.6 Å². The zero-order valence-corrected chi connectivity index (χ0v) is 9.40. The normalized spacial score (nSPS) is 20.9. The van der Waals surface area contributed by atoms with E-state index in [4.69, 9.17) is 0 Å². The van der Waals surface area contributed by atoms with Crippen molar-refractivity contribution >= 4 is 30.1 Å². The Labute approximate surface area is 96.0 Å². The van der Waals surface area contributed by atoms with Crippen LogP contribution in [0.4, 0.5) is 13.2 Å². The molecule has 1 heterocycles. The standard InChI is InChI=1S/C7H11F3N2OS.ClH/c8-7(9,10)14-4-6(13)12-5-1-2-11-3-5;/h5,11H,1-4H2,(H,12,13);1H. The molecule has 0 aromatic rings. The Kier molecular flexibility index (Phi) is 6.38. The molecule has 1 aliphatic rings. The molecule has 2 N–H and O–H groups in total. The number of thioether (sulfide) groups is 1. The minimum Gasteiger partial charge on any atom is -0.351 e. The lowest BCUT2D eigenvalue weighted by Crippen LogP contribution is -2.37. The van der Waals surface area contributed by atoms with Gasteiger partial charge in [0, 0.05) is 12.6 Å². The van der Waals surface area contributed by atoms with E-state index >= 15 is 0 Å². The van der Waals surface area contributed by atoms with Crippen molar-refractivity contribution in [3.63, 3.8) is 0 Å². The highest BCUT2D eigenvalue weighted by atomic mass is 35.5. The molecule has 0 spiro atoms. The van der Waals surface area contributed by atoms with E-state index in [1.807, 2.05) is 0 Å². The largest absolute Gasteiger partial charge is 0.442 e. The maximum atomic E-state index is 11.7. The van der Waals surface area contributed by atoms with E-state index < -0.39 is 17.2 Å². The molecule has 0 radical (unpaired) electrons. The first-order valence-electron chi connectivity index (χ1n) is 4.18. The summed E-state index contributed by atoms with van der Waals surface area (Å²) < 4.78 is 35.1. The first-order chi connectivity index (χ1) is 6.47. The Morgan fingerprint density at radius 2 is 2.20 bits per heavy atom. The van der Waals surface area contributed by atoms with Crippen LogP contribution in [-0.4, -0.2) is 36.3 Å². The molecule has 0 aromatic heterocycles. The van der Waals surface area contributed by atoms with Gasteiger partial charge < -0.3 is 10.6 Å². The van der Waals surface area contributed by atoms with Crippen molar-refractivity contribution in [3.05, 3.63) is 0 Å². The number of carbonyl (C=O) groups excluding carboxylic acids is 1. The molecule has 1 fully saturated rings. The van der Waals surface area contributed by atoms with Crippen LogP contribution in [0.15, 0.2) is 0 Å². The lowest BCUT2D eigenvalue weighted by atomic mass is 10.3. The second kappa shape index (κ2) is 6.44. The molecule has 15 heavy (non-hydrogen) atoms. The summed E-state index contributed by atoms with van der Waals surface area (Å²) >= 11 is -0.307. The zero-order valence-electron chi connectivity index (χ0n) is 7.76. The predicted octanol–water partition coefficient (Wildman–Crippen LogP) is 1.14. The van der Waals surface area contributed by atoms with Crippen molar-refractivity contribution in [2.45, 2.75) is 18.0 Å². The summed E-state index contributed by atoms with van der Waals surface area (Å²) in [6.07, 6.45) is 0.780. The Balaban J connectivity index is 0.00000196. The highest BCUT2D eigenvalue weighted by Crippen LogP contribution is 2.29. The van der Waals surface area contributed by atoms with Gasteiger partial charge >= 0.3 is 5.51 Å². The molecule has 0 bridgehead atoms. The van der Waals surface area contributed by atoms with Gasteiger partial charge in [0.2, 0.25) is 5.91 Å². The van der Waals surface area contributed by atoms with Crippen molar-refractivity contribution in [2.24, 2.45) is 0 Å². The van der Waals surface area contributed by atoms with Crippen LogP contribution >= 0.6 is 24.2 Å². The van der Waals surface area contributed by atoms with E-state index in [1.54, 1.807) is 0 Å². The first kappa shape index (κ1) is 14.9. The van der Waals surface area contributed by atoms with E-state index in [0.29, 0.717) is 6.54 Å². The highest BCUT2D eigenvalue weighted by Gasteiger charge is 2.29. The highest BCUT2D eigenvalue weighted by molar-refractivity contribution is 8.00. The van der Waals surface area contributed by atoms with Crippen LogP contribution < -0.4 is 10.6 Å². The smallest absolute Gasteiger partial charge is 0.351 e. The molecule has 0 aromatic carbocycles. The summed E-state index contributed by atoms with van der Waals surface area (Å²) in [4.78, 5) is 11.0. The fourth-order valence-corrected chi connectivity index (χ4v) is 1.57. The van der Waals surface area contributed by atoms with Crippen molar-refractivity contribution in [2.75, 3.05) is 18.8 Å². The fourth-order valence-electron chi connectivity index (χ4n) is 1.19. The van der Waals surface area contributed by atoms with E-state index in [0.717, 1.165) is 13.0 Å². The molecular weight excluding hydrogens is 253 g/mol. The number of amides is 1. The molecule has 1 aliphatic heterocycles. The molecule has 3 nitrogen and oxygen atoms in total. The van der Waals surface area contributed by atoms with Crippen LogP contribution in [0.5, 0.6) is 0 Å². The molecule has 8 heteroatoms. The Hall–Kier alpha value is -0.140. The number of halogens is 4. The Morgan fingerprint density at radius 1 is 1.53 bits per heavy atom. The number of hydrogen-bond donors (Lipinski definition) is 2.